The fourth-order valence-electron chi connectivity index (χ4n) is 2.60. The molecule has 2 heterocycles. The molecule has 23 heavy (non-hydrogen) atoms. The third-order valence-electron chi connectivity index (χ3n) is 4.03. The number of hydrogen-bond donors (Lipinski definition) is 1. The minimum Gasteiger partial charge on any atom is -0.369 e. The lowest BCUT2D eigenvalue weighted by molar-refractivity contribution is -0.125. The van der Waals surface area contributed by atoms with Gasteiger partial charge in [-0.15, -0.1) is 0 Å². The van der Waals surface area contributed by atoms with Crippen LogP contribution in [0.5, 0.6) is 0 Å². The number of carbonyl (C=O) groups excluding carboxylic acids is 2. The van der Waals surface area contributed by atoms with Gasteiger partial charge in [0.25, 0.3) is 5.91 Å². The number of amidine groups is 2. The van der Waals surface area contributed by atoms with Crippen molar-refractivity contribution in [3.63, 3.8) is 0 Å². The van der Waals surface area contributed by atoms with E-state index in [1.165, 1.54) is 16.7 Å². The monoisotopic (exact) mass is 330 g/mol. The van der Waals surface area contributed by atoms with E-state index in [9.17, 15) is 9.59 Å². The molecular weight excluding hydrogens is 312 g/mol. The zero-order valence-corrected chi connectivity index (χ0v) is 13.8. The SMILES string of the molecule is CC[C@@H](C)[C@H]1N=C2c3ccccc3N=C(SCC(N)=O)N2C1=O. The summed E-state index contributed by atoms with van der Waals surface area (Å²) in [5, 5.41) is 0.469. The van der Waals surface area contributed by atoms with E-state index in [-0.39, 0.29) is 17.6 Å². The lowest BCUT2D eigenvalue weighted by Gasteiger charge is -2.25. The summed E-state index contributed by atoms with van der Waals surface area (Å²) in [5.41, 5.74) is 6.82. The Bertz CT molecular complexity index is 729. The highest BCUT2D eigenvalue weighted by Crippen LogP contribution is 2.35. The normalized spacial score (nSPS) is 20.5. The zero-order chi connectivity index (χ0) is 16.6. The number of thioether (sulfide) groups is 1. The van der Waals surface area contributed by atoms with E-state index in [0.717, 1.165) is 17.7 Å². The van der Waals surface area contributed by atoms with Crippen LogP contribution in [-0.2, 0) is 9.59 Å². The highest BCUT2D eigenvalue weighted by molar-refractivity contribution is 8.14. The number of carbonyl (C=O) groups is 2. The molecule has 7 heteroatoms. The van der Waals surface area contributed by atoms with Gasteiger partial charge in [-0.25, -0.2) is 9.89 Å². The lowest BCUT2D eigenvalue weighted by atomic mass is 10.00. The van der Waals surface area contributed by atoms with Crippen molar-refractivity contribution in [3.8, 4) is 0 Å². The van der Waals surface area contributed by atoms with Crippen molar-refractivity contribution in [3.05, 3.63) is 29.8 Å². The highest BCUT2D eigenvalue weighted by atomic mass is 32.2. The van der Waals surface area contributed by atoms with E-state index in [0.29, 0.717) is 11.0 Å². The Labute approximate surface area is 138 Å². The summed E-state index contributed by atoms with van der Waals surface area (Å²) >= 11 is 1.17. The third kappa shape index (κ3) is 2.76. The standard InChI is InChI=1S/C16H18N4O2S/c1-3-9(2)13-15(22)20-14(19-13)10-6-4-5-7-11(10)18-16(20)23-8-12(17)21/h4-7,9,13H,3,8H2,1-2H3,(H2,17,21)/t9-,13-/m1/s1. The molecular formula is C16H18N4O2S. The van der Waals surface area contributed by atoms with E-state index in [1.54, 1.807) is 0 Å². The number of nitrogens with zero attached hydrogens (tertiary/aromatic N) is 3. The first-order chi connectivity index (χ1) is 11.0. The Morgan fingerprint density at radius 3 is 2.87 bits per heavy atom. The number of aliphatic imine (C=N–C) groups is 2. The Hall–Kier alpha value is -2.15. The van der Waals surface area contributed by atoms with Gasteiger partial charge in [-0.1, -0.05) is 44.2 Å². The van der Waals surface area contributed by atoms with Crippen LogP contribution in [0, 0.1) is 5.92 Å². The Morgan fingerprint density at radius 2 is 2.17 bits per heavy atom. The second-order valence-corrected chi connectivity index (χ2v) is 6.57. The molecule has 2 amide bonds. The third-order valence-corrected chi connectivity index (χ3v) is 4.99. The predicted octanol–water partition coefficient (Wildman–Crippen LogP) is 1.91. The van der Waals surface area contributed by atoms with Crippen molar-refractivity contribution in [1.82, 2.24) is 4.90 Å². The lowest BCUT2D eigenvalue weighted by Crippen LogP contribution is -2.42. The number of fused-ring (bicyclic) bond motifs is 3. The predicted molar refractivity (Wildman–Crippen MR) is 91.8 cm³/mol. The first kappa shape index (κ1) is 15.7. The van der Waals surface area contributed by atoms with Crippen molar-refractivity contribution >= 4 is 40.3 Å². The number of amides is 2. The van der Waals surface area contributed by atoms with Crippen LogP contribution in [0.2, 0.25) is 0 Å². The maximum atomic E-state index is 12.8. The van der Waals surface area contributed by atoms with Crippen LogP contribution in [0.4, 0.5) is 5.69 Å². The molecule has 0 aliphatic carbocycles. The minimum absolute atomic E-state index is 0.0755. The van der Waals surface area contributed by atoms with Gasteiger partial charge in [-0.3, -0.25) is 14.6 Å². The zero-order valence-electron chi connectivity index (χ0n) is 13.0. The molecule has 2 N–H and O–H groups in total. The quantitative estimate of drug-likeness (QED) is 0.914. The smallest absolute Gasteiger partial charge is 0.259 e. The van der Waals surface area contributed by atoms with Crippen LogP contribution in [0.25, 0.3) is 0 Å². The summed E-state index contributed by atoms with van der Waals surface area (Å²) < 4.78 is 0. The highest BCUT2D eigenvalue weighted by Gasteiger charge is 2.42. The molecule has 0 bridgehead atoms. The van der Waals surface area contributed by atoms with Gasteiger partial charge in [0.15, 0.2) is 5.17 Å². The van der Waals surface area contributed by atoms with Gasteiger partial charge in [-0.2, -0.15) is 0 Å². The second kappa shape index (κ2) is 6.16. The van der Waals surface area contributed by atoms with Gasteiger partial charge in [-0.05, 0) is 18.1 Å². The maximum Gasteiger partial charge on any atom is 0.259 e. The van der Waals surface area contributed by atoms with Crippen molar-refractivity contribution in [1.29, 1.82) is 0 Å². The van der Waals surface area contributed by atoms with Crippen LogP contribution in [0.15, 0.2) is 34.3 Å². The average Bonchev–Trinajstić information content (AvgIpc) is 2.90. The molecule has 0 fully saturated rings. The van der Waals surface area contributed by atoms with E-state index >= 15 is 0 Å². The number of rotatable bonds is 4. The summed E-state index contributed by atoms with van der Waals surface area (Å²) in [6.07, 6.45) is 0.865. The largest absolute Gasteiger partial charge is 0.369 e. The van der Waals surface area contributed by atoms with Crippen molar-refractivity contribution in [2.45, 2.75) is 26.3 Å². The maximum absolute atomic E-state index is 12.8. The van der Waals surface area contributed by atoms with Crippen LogP contribution < -0.4 is 5.73 Å². The fraction of sp³-hybridized carbons (Fsp3) is 0.375. The molecule has 2 aliphatic rings. The van der Waals surface area contributed by atoms with Gasteiger partial charge in [0.05, 0.1) is 11.4 Å². The summed E-state index contributed by atoms with van der Waals surface area (Å²) in [7, 11) is 0. The van der Waals surface area contributed by atoms with Crippen molar-refractivity contribution in [2.75, 3.05) is 5.75 Å². The summed E-state index contributed by atoms with van der Waals surface area (Å²) in [6.45, 7) is 4.06. The Kier molecular flexibility index (Phi) is 4.21. The van der Waals surface area contributed by atoms with Gasteiger partial charge >= 0.3 is 0 Å². The van der Waals surface area contributed by atoms with Crippen molar-refractivity contribution in [2.24, 2.45) is 21.6 Å². The number of nitrogens with two attached hydrogens (primary N) is 1. The van der Waals surface area contributed by atoms with E-state index in [4.69, 9.17) is 5.73 Å². The molecule has 0 radical (unpaired) electrons. The molecule has 0 saturated heterocycles. The van der Waals surface area contributed by atoms with E-state index in [2.05, 4.69) is 9.98 Å². The van der Waals surface area contributed by atoms with Crippen molar-refractivity contribution < 1.29 is 9.59 Å². The van der Waals surface area contributed by atoms with Crippen LogP contribution in [0.1, 0.15) is 25.8 Å². The second-order valence-electron chi connectivity index (χ2n) is 5.62. The van der Waals surface area contributed by atoms with Crippen LogP contribution in [0.3, 0.4) is 0 Å². The molecule has 2 aliphatic heterocycles. The van der Waals surface area contributed by atoms with E-state index < -0.39 is 11.9 Å². The molecule has 0 saturated carbocycles. The summed E-state index contributed by atoms with van der Waals surface area (Å²) in [6, 6.07) is 7.17. The molecule has 0 spiro atoms. The van der Waals surface area contributed by atoms with Gasteiger partial charge in [0.2, 0.25) is 5.91 Å². The van der Waals surface area contributed by atoms with E-state index in [1.807, 2.05) is 38.1 Å². The number of para-hydroxylation sites is 1. The van der Waals surface area contributed by atoms with Gasteiger partial charge in [0.1, 0.15) is 11.9 Å². The molecule has 0 aromatic heterocycles. The minimum atomic E-state index is -0.444. The molecule has 2 atom stereocenters. The molecule has 120 valence electrons. The molecule has 0 unspecified atom stereocenters. The molecule has 1 aromatic carbocycles. The van der Waals surface area contributed by atoms with Crippen LogP contribution >= 0.6 is 11.8 Å². The first-order valence-corrected chi connectivity index (χ1v) is 8.52. The Morgan fingerprint density at radius 1 is 1.43 bits per heavy atom. The Balaban J connectivity index is 2.04. The number of hydrogen-bond acceptors (Lipinski definition) is 5. The molecule has 3 rings (SSSR count). The average molecular weight is 330 g/mol. The fourth-order valence-corrected chi connectivity index (χ4v) is 3.34. The topological polar surface area (TPSA) is 88.1 Å². The van der Waals surface area contributed by atoms with Gasteiger partial charge in [0, 0.05) is 5.56 Å². The summed E-state index contributed by atoms with van der Waals surface area (Å²) in [5.74, 6) is 0.319. The number of primary amides is 1. The number of benzene rings is 1. The van der Waals surface area contributed by atoms with Gasteiger partial charge < -0.3 is 5.73 Å². The first-order valence-electron chi connectivity index (χ1n) is 7.54. The summed E-state index contributed by atoms with van der Waals surface area (Å²) in [4.78, 5) is 34.6. The molecule has 1 aromatic rings. The molecule has 6 nitrogen and oxygen atoms in total. The van der Waals surface area contributed by atoms with Crippen LogP contribution in [-0.4, -0.2) is 39.5 Å².